The molecule has 0 unspecified atom stereocenters. The molecule has 2 amide bonds. The first-order chi connectivity index (χ1) is 15.9. The van der Waals surface area contributed by atoms with Gasteiger partial charge >= 0.3 is 12.1 Å². The third-order valence-corrected chi connectivity index (χ3v) is 7.54. The smallest absolute Gasteiger partial charge is 0.407 e. The third kappa shape index (κ3) is 3.75. The fraction of sp³-hybridized carbons (Fsp3) is 0.423. The van der Waals surface area contributed by atoms with Crippen LogP contribution in [0.15, 0.2) is 48.5 Å². The molecule has 3 aliphatic rings. The van der Waals surface area contributed by atoms with Crippen LogP contribution in [0.1, 0.15) is 49.7 Å². The van der Waals surface area contributed by atoms with Crippen LogP contribution in [0, 0.1) is 11.3 Å². The lowest BCUT2D eigenvalue weighted by Crippen LogP contribution is -2.45. The first-order valence-electron chi connectivity index (χ1n) is 11.6. The molecule has 0 radical (unpaired) electrons. The fourth-order valence-corrected chi connectivity index (χ4v) is 5.73. The van der Waals surface area contributed by atoms with Crippen molar-refractivity contribution < 1.29 is 24.2 Å². The molecule has 33 heavy (non-hydrogen) atoms. The molecule has 0 heterocycles. The number of carboxylic acids is 1. The molecule has 2 aromatic rings. The lowest BCUT2D eigenvalue weighted by molar-refractivity contribution is -0.142. The van der Waals surface area contributed by atoms with E-state index in [2.05, 4.69) is 34.9 Å². The number of carboxylic acid groups (broad SMARTS) is 1. The van der Waals surface area contributed by atoms with Crippen molar-refractivity contribution >= 4 is 18.0 Å². The molecule has 2 saturated carbocycles. The van der Waals surface area contributed by atoms with Gasteiger partial charge in [0.05, 0.1) is 5.41 Å². The van der Waals surface area contributed by atoms with Gasteiger partial charge in [-0.2, -0.15) is 0 Å². The number of hydrogen-bond acceptors (Lipinski definition) is 4. The molecule has 3 N–H and O–H groups in total. The van der Waals surface area contributed by atoms with E-state index in [9.17, 15) is 19.5 Å². The standard InChI is InChI=1S/C26H28N2O5/c1-2-22(23(29)30)28-24(31)26-12-15(26)11-16(13-26)27-25(32)33-14-21-19-9-5-3-7-17(19)18-8-4-6-10-20(18)21/h3-10,15-16,21-22H,2,11-14H2,1H3,(H,27,32)(H,28,31)(H,29,30)/t15-,16+,22-,26+/m1/s1. The maximum absolute atomic E-state index is 12.7. The highest BCUT2D eigenvalue weighted by atomic mass is 16.5. The number of alkyl carbamates (subject to hydrolysis) is 1. The maximum Gasteiger partial charge on any atom is 0.407 e. The van der Waals surface area contributed by atoms with Crippen molar-refractivity contribution in [3.8, 4) is 11.1 Å². The Morgan fingerprint density at radius 3 is 2.30 bits per heavy atom. The number of aliphatic carboxylic acids is 1. The molecule has 0 aromatic heterocycles. The minimum absolute atomic E-state index is 0.000697. The van der Waals surface area contributed by atoms with Gasteiger partial charge in [0.25, 0.3) is 0 Å². The average molecular weight is 449 g/mol. The largest absolute Gasteiger partial charge is 0.480 e. The Hall–Kier alpha value is -3.35. The predicted molar refractivity (Wildman–Crippen MR) is 122 cm³/mol. The summed E-state index contributed by atoms with van der Waals surface area (Å²) in [4.78, 5) is 36.6. The lowest BCUT2D eigenvalue weighted by Gasteiger charge is -2.20. The van der Waals surface area contributed by atoms with Crippen molar-refractivity contribution in [1.29, 1.82) is 0 Å². The Labute approximate surface area is 192 Å². The normalized spacial score (nSPS) is 25.4. The van der Waals surface area contributed by atoms with Crippen LogP contribution in [0.3, 0.4) is 0 Å². The predicted octanol–water partition coefficient (Wildman–Crippen LogP) is 3.67. The van der Waals surface area contributed by atoms with Gasteiger partial charge in [-0.1, -0.05) is 55.5 Å². The van der Waals surface area contributed by atoms with E-state index in [1.54, 1.807) is 6.92 Å². The molecule has 0 bridgehead atoms. The number of rotatable bonds is 7. The zero-order valence-corrected chi connectivity index (χ0v) is 18.5. The summed E-state index contributed by atoms with van der Waals surface area (Å²) in [5.41, 5.74) is 4.13. The van der Waals surface area contributed by atoms with Crippen LogP contribution >= 0.6 is 0 Å². The maximum atomic E-state index is 12.7. The SMILES string of the molecule is CC[C@@H](NC(=O)[C@@]12C[C@@H](NC(=O)OCC3c4ccccc4-c4ccccc43)C[C@@H]1C2)C(=O)O. The van der Waals surface area contributed by atoms with Gasteiger partial charge in [-0.15, -0.1) is 0 Å². The molecule has 0 spiro atoms. The van der Waals surface area contributed by atoms with Gasteiger partial charge in [-0.05, 0) is 53.9 Å². The summed E-state index contributed by atoms with van der Waals surface area (Å²) in [6.45, 7) is 1.98. The molecule has 0 saturated heterocycles. The van der Waals surface area contributed by atoms with Gasteiger partial charge in [-0.3, -0.25) is 4.79 Å². The monoisotopic (exact) mass is 448 g/mol. The van der Waals surface area contributed by atoms with Crippen molar-refractivity contribution in [2.45, 2.75) is 50.6 Å². The van der Waals surface area contributed by atoms with Gasteiger partial charge < -0.3 is 20.5 Å². The van der Waals surface area contributed by atoms with Crippen LogP contribution < -0.4 is 10.6 Å². The second-order valence-corrected chi connectivity index (χ2v) is 9.44. The van der Waals surface area contributed by atoms with Gasteiger partial charge in [0.15, 0.2) is 0 Å². The molecule has 2 aromatic carbocycles. The van der Waals surface area contributed by atoms with Crippen molar-refractivity contribution in [2.24, 2.45) is 11.3 Å². The van der Waals surface area contributed by atoms with E-state index in [0.717, 1.165) is 17.5 Å². The van der Waals surface area contributed by atoms with Crippen molar-refractivity contribution in [2.75, 3.05) is 6.61 Å². The quantitative estimate of drug-likeness (QED) is 0.599. The fourth-order valence-electron chi connectivity index (χ4n) is 5.73. The average Bonchev–Trinajstić information content (AvgIpc) is 3.24. The Morgan fingerprint density at radius 1 is 1.06 bits per heavy atom. The zero-order valence-electron chi connectivity index (χ0n) is 18.5. The summed E-state index contributed by atoms with van der Waals surface area (Å²) in [6.07, 6.45) is 1.84. The summed E-state index contributed by atoms with van der Waals surface area (Å²) >= 11 is 0. The highest BCUT2D eigenvalue weighted by Gasteiger charge is 2.65. The third-order valence-electron chi connectivity index (χ3n) is 7.54. The number of nitrogens with one attached hydrogen (secondary N) is 2. The first kappa shape index (κ1) is 21.5. The molecule has 5 rings (SSSR count). The zero-order chi connectivity index (χ0) is 23.2. The first-order valence-corrected chi connectivity index (χ1v) is 11.6. The second-order valence-electron chi connectivity index (χ2n) is 9.44. The van der Waals surface area contributed by atoms with Crippen molar-refractivity contribution in [3.05, 3.63) is 59.7 Å². The van der Waals surface area contributed by atoms with Crippen molar-refractivity contribution in [1.82, 2.24) is 10.6 Å². The number of amides is 2. The minimum Gasteiger partial charge on any atom is -0.480 e. The second kappa shape index (κ2) is 8.21. The number of carbonyl (C=O) groups is 3. The molecule has 4 atom stereocenters. The number of benzene rings is 2. The van der Waals surface area contributed by atoms with E-state index in [1.807, 2.05) is 24.3 Å². The summed E-state index contributed by atoms with van der Waals surface area (Å²) in [7, 11) is 0. The van der Waals surface area contributed by atoms with Crippen molar-refractivity contribution in [3.63, 3.8) is 0 Å². The lowest BCUT2D eigenvalue weighted by atomic mass is 9.98. The Bertz CT molecular complexity index is 1070. The molecule has 0 aliphatic heterocycles. The molecule has 7 heteroatoms. The van der Waals surface area contributed by atoms with Crippen LogP contribution in [0.4, 0.5) is 4.79 Å². The van der Waals surface area contributed by atoms with Crippen LogP contribution in [-0.2, 0) is 14.3 Å². The molecular weight excluding hydrogens is 420 g/mol. The topological polar surface area (TPSA) is 105 Å². The van der Waals surface area contributed by atoms with Crippen LogP contribution in [0.25, 0.3) is 11.1 Å². The Kier molecular flexibility index (Phi) is 5.35. The van der Waals surface area contributed by atoms with Crippen LogP contribution in [0.2, 0.25) is 0 Å². The van der Waals surface area contributed by atoms with Crippen LogP contribution in [0.5, 0.6) is 0 Å². The number of hydrogen-bond donors (Lipinski definition) is 3. The van der Waals surface area contributed by atoms with Gasteiger partial charge in [0.1, 0.15) is 12.6 Å². The molecule has 7 nitrogen and oxygen atoms in total. The van der Waals surface area contributed by atoms with E-state index < -0.39 is 23.5 Å². The summed E-state index contributed by atoms with van der Waals surface area (Å²) < 4.78 is 5.63. The van der Waals surface area contributed by atoms with Crippen LogP contribution in [-0.4, -0.2) is 41.8 Å². The Balaban J connectivity index is 1.17. The molecule has 2 fully saturated rings. The number of carbonyl (C=O) groups excluding carboxylic acids is 2. The van der Waals surface area contributed by atoms with E-state index in [-0.39, 0.29) is 30.4 Å². The number of fused-ring (bicyclic) bond motifs is 4. The highest BCUT2D eigenvalue weighted by molar-refractivity contribution is 5.90. The highest BCUT2D eigenvalue weighted by Crippen LogP contribution is 2.63. The van der Waals surface area contributed by atoms with E-state index in [1.165, 1.54) is 11.1 Å². The molecule has 172 valence electrons. The summed E-state index contributed by atoms with van der Waals surface area (Å²) in [5.74, 6) is -1.05. The summed E-state index contributed by atoms with van der Waals surface area (Å²) in [5, 5.41) is 14.8. The number of ether oxygens (including phenoxy) is 1. The van der Waals surface area contributed by atoms with E-state index in [4.69, 9.17) is 4.74 Å². The Morgan fingerprint density at radius 2 is 1.70 bits per heavy atom. The van der Waals surface area contributed by atoms with E-state index in [0.29, 0.717) is 19.3 Å². The van der Waals surface area contributed by atoms with Gasteiger partial charge in [-0.25, -0.2) is 9.59 Å². The molecular formula is C26H28N2O5. The van der Waals surface area contributed by atoms with Gasteiger partial charge in [0, 0.05) is 12.0 Å². The minimum atomic E-state index is -1.02. The summed E-state index contributed by atoms with van der Waals surface area (Å²) in [6, 6.07) is 15.4. The van der Waals surface area contributed by atoms with Gasteiger partial charge in [0.2, 0.25) is 5.91 Å². The molecule has 3 aliphatic carbocycles. The van der Waals surface area contributed by atoms with E-state index >= 15 is 0 Å².